The Bertz CT molecular complexity index is 1270. The van der Waals surface area contributed by atoms with Gasteiger partial charge in [-0.2, -0.15) is 10.2 Å². The smallest absolute Gasteiger partial charge is 0.165 e. The first kappa shape index (κ1) is 20.4. The van der Waals surface area contributed by atoms with Gasteiger partial charge in [0, 0.05) is 36.6 Å². The van der Waals surface area contributed by atoms with E-state index in [1.165, 1.54) is 0 Å². The van der Waals surface area contributed by atoms with Gasteiger partial charge < -0.3 is 15.2 Å². The second-order valence-electron chi connectivity index (χ2n) is 8.84. The molecule has 4 aromatic heterocycles. The van der Waals surface area contributed by atoms with Crippen LogP contribution in [0.15, 0.2) is 36.7 Å². The van der Waals surface area contributed by atoms with Crippen molar-refractivity contribution in [1.82, 2.24) is 29.4 Å². The Morgan fingerprint density at radius 1 is 1.19 bits per heavy atom. The summed E-state index contributed by atoms with van der Waals surface area (Å²) in [5.74, 6) is 2.78. The van der Waals surface area contributed by atoms with Gasteiger partial charge in [-0.25, -0.2) is 14.5 Å². The van der Waals surface area contributed by atoms with Crippen molar-refractivity contribution in [2.75, 3.05) is 11.9 Å². The predicted molar refractivity (Wildman–Crippen MR) is 121 cm³/mol. The van der Waals surface area contributed by atoms with Gasteiger partial charge >= 0.3 is 0 Å². The lowest BCUT2D eigenvalue weighted by molar-refractivity contribution is 0.0528. The van der Waals surface area contributed by atoms with Gasteiger partial charge in [0.15, 0.2) is 11.6 Å². The van der Waals surface area contributed by atoms with Crippen LogP contribution in [0.1, 0.15) is 31.3 Å². The average molecular weight is 434 g/mol. The lowest BCUT2D eigenvalue weighted by Gasteiger charge is -2.18. The number of aromatic nitrogens is 6. The van der Waals surface area contributed by atoms with Crippen molar-refractivity contribution < 1.29 is 9.84 Å². The molecule has 0 aromatic carbocycles. The Morgan fingerprint density at radius 3 is 2.75 bits per heavy atom. The lowest BCUT2D eigenvalue weighted by Crippen LogP contribution is -2.26. The molecular formula is C23H27N7O2. The molecule has 0 spiro atoms. The molecule has 0 amide bonds. The first-order valence-electron chi connectivity index (χ1n) is 10.7. The number of hydrogen-bond donors (Lipinski definition) is 2. The average Bonchev–Trinajstić information content (AvgIpc) is 3.20. The number of pyridine rings is 1. The second-order valence-corrected chi connectivity index (χ2v) is 8.84. The van der Waals surface area contributed by atoms with E-state index in [1.807, 2.05) is 51.4 Å². The molecule has 0 saturated heterocycles. The number of aliphatic hydroxyl groups is 1. The molecule has 0 aliphatic heterocycles. The number of fused-ring (bicyclic) bond motifs is 1. The summed E-state index contributed by atoms with van der Waals surface area (Å²) in [6, 6.07) is 7.87. The largest absolute Gasteiger partial charge is 0.487 e. The number of aliphatic hydroxyl groups excluding tert-OH is 1. The van der Waals surface area contributed by atoms with Gasteiger partial charge in [0.1, 0.15) is 23.9 Å². The molecule has 1 fully saturated rings. The molecule has 4 aromatic rings. The minimum absolute atomic E-state index is 0.0109. The summed E-state index contributed by atoms with van der Waals surface area (Å²) < 4.78 is 9.57. The number of ether oxygens (including phenoxy) is 1. The van der Waals surface area contributed by atoms with Gasteiger partial charge in [-0.05, 0) is 44.2 Å². The molecule has 1 aliphatic rings. The maximum Gasteiger partial charge on any atom is 0.165 e. The van der Waals surface area contributed by atoms with E-state index in [0.29, 0.717) is 23.2 Å². The summed E-state index contributed by atoms with van der Waals surface area (Å²) >= 11 is 0. The number of nitrogens with zero attached hydrogens (tertiary/aromatic N) is 6. The number of rotatable bonds is 7. The molecular weight excluding hydrogens is 406 g/mol. The fourth-order valence-corrected chi connectivity index (χ4v) is 3.87. The van der Waals surface area contributed by atoms with E-state index in [1.54, 1.807) is 15.4 Å². The quantitative estimate of drug-likeness (QED) is 0.460. The minimum atomic E-state index is -0.476. The van der Waals surface area contributed by atoms with Crippen molar-refractivity contribution in [2.45, 2.75) is 39.7 Å². The normalized spacial score (nSPS) is 15.7. The van der Waals surface area contributed by atoms with E-state index >= 15 is 0 Å². The third-order valence-electron chi connectivity index (χ3n) is 6.10. The van der Waals surface area contributed by atoms with Crippen LogP contribution in [0.25, 0.3) is 16.8 Å². The van der Waals surface area contributed by atoms with Crippen molar-refractivity contribution in [3.8, 4) is 17.0 Å². The molecule has 5 rings (SSSR count). The summed E-state index contributed by atoms with van der Waals surface area (Å²) in [5, 5.41) is 22.6. The Kier molecular flexibility index (Phi) is 4.85. The van der Waals surface area contributed by atoms with Gasteiger partial charge in [-0.3, -0.25) is 4.68 Å². The van der Waals surface area contributed by atoms with Gasteiger partial charge in [0.05, 0.1) is 17.8 Å². The number of hydrogen-bond acceptors (Lipinski definition) is 7. The summed E-state index contributed by atoms with van der Waals surface area (Å²) in [6.07, 6.45) is 5.21. The second kappa shape index (κ2) is 7.59. The molecule has 32 heavy (non-hydrogen) atoms. The van der Waals surface area contributed by atoms with E-state index < -0.39 is 6.10 Å². The molecule has 9 heteroatoms. The molecule has 2 N–H and O–H groups in total. The molecule has 1 saturated carbocycles. The van der Waals surface area contributed by atoms with E-state index in [0.717, 1.165) is 35.3 Å². The molecule has 0 unspecified atom stereocenters. The van der Waals surface area contributed by atoms with Crippen LogP contribution >= 0.6 is 0 Å². The zero-order valence-electron chi connectivity index (χ0n) is 18.7. The molecule has 166 valence electrons. The predicted octanol–water partition coefficient (Wildman–Crippen LogP) is 3.43. The number of aryl methyl sites for hydroxylation is 3. The Labute approximate surface area is 186 Å². The topological polar surface area (TPSA) is 102 Å². The monoisotopic (exact) mass is 433 g/mol. The highest BCUT2D eigenvalue weighted by atomic mass is 16.5. The Balaban J connectivity index is 1.40. The summed E-state index contributed by atoms with van der Waals surface area (Å²) in [4.78, 5) is 8.72. The maximum atomic E-state index is 10.4. The first-order valence-corrected chi connectivity index (χ1v) is 10.7. The standard InChI is InChI=1S/C23H27N7O2/c1-14-9-20(26-15(2)25-14)27-21-11-17-10-16(5-8-30(17)28-21)22-18(12-24-29(22)4)32-13-19(31)23(3)6-7-23/h5,8-12,19,31H,6-7,13H2,1-4H3,(H,25,26,27,28)/t19-/m0/s1. The molecule has 1 aliphatic carbocycles. The van der Waals surface area contributed by atoms with Crippen LogP contribution in [-0.4, -0.2) is 47.2 Å². The van der Waals surface area contributed by atoms with Crippen LogP contribution < -0.4 is 10.1 Å². The van der Waals surface area contributed by atoms with Crippen molar-refractivity contribution >= 4 is 17.2 Å². The van der Waals surface area contributed by atoms with Crippen LogP contribution in [0.5, 0.6) is 5.75 Å². The zero-order valence-corrected chi connectivity index (χ0v) is 18.7. The number of nitrogens with one attached hydrogen (secondary N) is 1. The highest BCUT2D eigenvalue weighted by molar-refractivity contribution is 5.72. The zero-order chi connectivity index (χ0) is 22.5. The Morgan fingerprint density at radius 2 is 2.00 bits per heavy atom. The highest BCUT2D eigenvalue weighted by Crippen LogP contribution is 2.48. The van der Waals surface area contributed by atoms with Crippen molar-refractivity contribution in [3.05, 3.63) is 48.2 Å². The van der Waals surface area contributed by atoms with E-state index in [9.17, 15) is 5.11 Å². The van der Waals surface area contributed by atoms with Gasteiger partial charge in [-0.1, -0.05) is 6.92 Å². The van der Waals surface area contributed by atoms with Crippen LogP contribution in [0.3, 0.4) is 0 Å². The van der Waals surface area contributed by atoms with Crippen molar-refractivity contribution in [1.29, 1.82) is 0 Å². The molecule has 4 heterocycles. The molecule has 1 atom stereocenters. The molecule has 9 nitrogen and oxygen atoms in total. The van der Waals surface area contributed by atoms with Gasteiger partial charge in [0.25, 0.3) is 0 Å². The van der Waals surface area contributed by atoms with Crippen LogP contribution in [0.4, 0.5) is 11.6 Å². The number of anilines is 2. The van der Waals surface area contributed by atoms with E-state index in [-0.39, 0.29) is 12.0 Å². The fourth-order valence-electron chi connectivity index (χ4n) is 3.87. The van der Waals surface area contributed by atoms with Gasteiger partial charge in [-0.15, -0.1) is 0 Å². The third kappa shape index (κ3) is 3.91. The molecule has 0 bridgehead atoms. The van der Waals surface area contributed by atoms with Crippen LogP contribution in [0.2, 0.25) is 0 Å². The first-order chi connectivity index (χ1) is 15.3. The Hall–Kier alpha value is -3.46. The highest BCUT2D eigenvalue weighted by Gasteiger charge is 2.44. The van der Waals surface area contributed by atoms with E-state index in [4.69, 9.17) is 4.74 Å². The van der Waals surface area contributed by atoms with Crippen LogP contribution in [-0.2, 0) is 7.05 Å². The SMILES string of the molecule is Cc1cc(Nc2cc3cc(-c4c(OC[C@H](O)C5(C)CC5)cnn4C)ccn3n2)nc(C)n1. The fraction of sp³-hybridized carbons (Fsp3) is 0.391. The summed E-state index contributed by atoms with van der Waals surface area (Å²) in [7, 11) is 1.88. The van der Waals surface area contributed by atoms with Crippen LogP contribution in [0, 0.1) is 19.3 Å². The van der Waals surface area contributed by atoms with Crippen molar-refractivity contribution in [3.63, 3.8) is 0 Å². The lowest BCUT2D eigenvalue weighted by atomic mass is 10.0. The molecule has 0 radical (unpaired) electrons. The summed E-state index contributed by atoms with van der Waals surface area (Å²) in [6.45, 7) is 6.16. The van der Waals surface area contributed by atoms with E-state index in [2.05, 4.69) is 32.4 Å². The minimum Gasteiger partial charge on any atom is -0.487 e. The third-order valence-corrected chi connectivity index (χ3v) is 6.10. The van der Waals surface area contributed by atoms with Gasteiger partial charge in [0.2, 0.25) is 0 Å². The van der Waals surface area contributed by atoms with Crippen molar-refractivity contribution in [2.24, 2.45) is 12.5 Å². The maximum absolute atomic E-state index is 10.4. The summed E-state index contributed by atoms with van der Waals surface area (Å²) in [5.41, 5.74) is 3.63.